The topological polar surface area (TPSA) is 117 Å². The lowest BCUT2D eigenvalue weighted by molar-refractivity contribution is -0.0152. The number of H-pyrrole nitrogens is 1. The van der Waals surface area contributed by atoms with Crippen molar-refractivity contribution in [2.24, 2.45) is 5.16 Å². The molecule has 8 nitrogen and oxygen atoms in total. The Kier molecular flexibility index (Phi) is 3.07. The normalized spacial score (nSPS) is 26.5. The Hall–Kier alpha value is -1.93. The third kappa shape index (κ3) is 2.12. The van der Waals surface area contributed by atoms with Gasteiger partial charge in [-0.1, -0.05) is 5.16 Å². The fraction of sp³-hybridized carbons (Fsp3) is 0.444. The summed E-state index contributed by atoms with van der Waals surface area (Å²) < 4.78 is 6.49. The van der Waals surface area contributed by atoms with Crippen LogP contribution in [-0.2, 0) is 4.74 Å². The number of ether oxygens (including phenoxy) is 1. The van der Waals surface area contributed by atoms with E-state index in [9.17, 15) is 9.59 Å². The highest BCUT2D eigenvalue weighted by molar-refractivity contribution is 5.90. The molecule has 3 N–H and O–H groups in total. The van der Waals surface area contributed by atoms with Gasteiger partial charge in [-0.2, -0.15) is 0 Å². The monoisotopic (exact) mass is 241 g/mol. The number of rotatable bonds is 2. The highest BCUT2D eigenvalue weighted by Gasteiger charge is 2.33. The van der Waals surface area contributed by atoms with Crippen molar-refractivity contribution in [1.82, 2.24) is 9.55 Å². The zero-order valence-corrected chi connectivity index (χ0v) is 8.74. The summed E-state index contributed by atoms with van der Waals surface area (Å²) in [6.07, 6.45) is 0.0417. The van der Waals surface area contributed by atoms with E-state index in [2.05, 4.69) is 10.1 Å². The number of hydrogen-bond acceptors (Lipinski definition) is 6. The predicted octanol–water partition coefficient (Wildman–Crippen LogP) is -1.35. The molecule has 92 valence electrons. The largest absolute Gasteiger partial charge is 0.411 e. The molecule has 1 aliphatic rings. The van der Waals surface area contributed by atoms with Gasteiger partial charge < -0.3 is 15.1 Å². The molecule has 8 heteroatoms. The van der Waals surface area contributed by atoms with E-state index < -0.39 is 23.6 Å². The quantitative estimate of drug-likeness (QED) is 0.437. The smallest absolute Gasteiger partial charge is 0.330 e. The van der Waals surface area contributed by atoms with Crippen LogP contribution in [0.25, 0.3) is 0 Å². The summed E-state index contributed by atoms with van der Waals surface area (Å²) in [5.41, 5.74) is -0.854. The Balaban J connectivity index is 2.31. The zero-order valence-electron chi connectivity index (χ0n) is 8.74. The number of aromatic nitrogens is 2. The fourth-order valence-corrected chi connectivity index (χ4v) is 1.70. The molecule has 2 atom stereocenters. The van der Waals surface area contributed by atoms with Gasteiger partial charge in [-0.25, -0.2) is 4.79 Å². The number of aromatic amines is 1. The van der Waals surface area contributed by atoms with E-state index in [1.165, 1.54) is 16.8 Å². The lowest BCUT2D eigenvalue weighted by Gasteiger charge is -2.13. The SMILES string of the molecule is O=c1ccn(C2C/C(=N/O)C(CO)O2)c(=O)[nH]1. The summed E-state index contributed by atoms with van der Waals surface area (Å²) in [6, 6.07) is 1.19. The Labute approximate surface area is 94.8 Å². The van der Waals surface area contributed by atoms with E-state index >= 15 is 0 Å². The van der Waals surface area contributed by atoms with E-state index in [0.717, 1.165) is 0 Å². The predicted molar refractivity (Wildman–Crippen MR) is 56.2 cm³/mol. The maximum atomic E-state index is 11.5. The number of aliphatic hydroxyl groups is 1. The van der Waals surface area contributed by atoms with Crippen LogP contribution < -0.4 is 11.2 Å². The highest BCUT2D eigenvalue weighted by Crippen LogP contribution is 2.24. The minimum Gasteiger partial charge on any atom is -0.411 e. The molecule has 1 aromatic rings. The first-order valence-electron chi connectivity index (χ1n) is 4.94. The molecule has 1 saturated heterocycles. The molecule has 0 aliphatic carbocycles. The molecule has 0 aromatic carbocycles. The lowest BCUT2D eigenvalue weighted by Crippen LogP contribution is -2.31. The first-order valence-corrected chi connectivity index (χ1v) is 4.94. The second-order valence-corrected chi connectivity index (χ2v) is 3.57. The maximum Gasteiger partial charge on any atom is 0.330 e. The molecule has 1 fully saturated rings. The first-order chi connectivity index (χ1) is 8.15. The Morgan fingerprint density at radius 2 is 2.35 bits per heavy atom. The molecular formula is C9H11N3O5. The Bertz CT molecular complexity index is 546. The molecule has 2 rings (SSSR count). The minimum atomic E-state index is -0.733. The Morgan fingerprint density at radius 1 is 1.59 bits per heavy atom. The van der Waals surface area contributed by atoms with Crippen molar-refractivity contribution in [3.63, 3.8) is 0 Å². The third-order valence-corrected chi connectivity index (χ3v) is 2.53. The van der Waals surface area contributed by atoms with Crippen molar-refractivity contribution in [2.75, 3.05) is 6.61 Å². The highest BCUT2D eigenvalue weighted by atomic mass is 16.5. The van der Waals surface area contributed by atoms with Crippen LogP contribution in [-0.4, -0.2) is 38.3 Å². The molecule has 0 amide bonds. The minimum absolute atomic E-state index is 0.174. The lowest BCUT2D eigenvalue weighted by atomic mass is 10.2. The summed E-state index contributed by atoms with van der Waals surface area (Å²) in [5, 5.41) is 20.7. The van der Waals surface area contributed by atoms with Gasteiger partial charge in [-0.05, 0) is 0 Å². The Morgan fingerprint density at radius 3 is 2.88 bits per heavy atom. The summed E-state index contributed by atoms with van der Waals surface area (Å²) in [5.74, 6) is 0. The van der Waals surface area contributed by atoms with Crippen molar-refractivity contribution in [2.45, 2.75) is 18.8 Å². The summed E-state index contributed by atoms with van der Waals surface area (Å²) in [6.45, 7) is -0.339. The summed E-state index contributed by atoms with van der Waals surface area (Å²) in [7, 11) is 0. The van der Waals surface area contributed by atoms with Crippen molar-refractivity contribution in [3.05, 3.63) is 33.1 Å². The van der Waals surface area contributed by atoms with Crippen LogP contribution >= 0.6 is 0 Å². The molecule has 2 unspecified atom stereocenters. The number of oxime groups is 1. The van der Waals surface area contributed by atoms with Gasteiger partial charge in [0.05, 0.1) is 12.3 Å². The van der Waals surface area contributed by atoms with Crippen molar-refractivity contribution in [1.29, 1.82) is 0 Å². The average Bonchev–Trinajstić information content (AvgIpc) is 2.72. The van der Waals surface area contributed by atoms with Crippen LogP contribution in [0.2, 0.25) is 0 Å². The molecule has 17 heavy (non-hydrogen) atoms. The van der Waals surface area contributed by atoms with E-state index in [4.69, 9.17) is 15.1 Å². The van der Waals surface area contributed by atoms with E-state index in [-0.39, 0.29) is 18.7 Å². The van der Waals surface area contributed by atoms with Gasteiger partial charge >= 0.3 is 5.69 Å². The van der Waals surface area contributed by atoms with Crippen LogP contribution in [0.1, 0.15) is 12.6 Å². The third-order valence-electron chi connectivity index (χ3n) is 2.53. The first kappa shape index (κ1) is 11.6. The maximum absolute atomic E-state index is 11.5. The van der Waals surface area contributed by atoms with E-state index in [1.807, 2.05) is 0 Å². The van der Waals surface area contributed by atoms with Crippen LogP contribution in [0.15, 0.2) is 27.0 Å². The molecular weight excluding hydrogens is 230 g/mol. The van der Waals surface area contributed by atoms with E-state index in [1.54, 1.807) is 0 Å². The number of aliphatic hydroxyl groups excluding tert-OH is 1. The number of nitrogens with one attached hydrogen (secondary N) is 1. The van der Waals surface area contributed by atoms with Crippen molar-refractivity contribution in [3.8, 4) is 0 Å². The van der Waals surface area contributed by atoms with Crippen molar-refractivity contribution < 1.29 is 15.1 Å². The van der Waals surface area contributed by atoms with Gasteiger partial charge in [0.2, 0.25) is 0 Å². The second kappa shape index (κ2) is 4.52. The van der Waals surface area contributed by atoms with Crippen molar-refractivity contribution >= 4 is 5.71 Å². The van der Waals surface area contributed by atoms with Gasteiger partial charge in [-0.3, -0.25) is 14.3 Å². The summed E-state index contributed by atoms with van der Waals surface area (Å²) >= 11 is 0. The van der Waals surface area contributed by atoms with Gasteiger partial charge in [-0.15, -0.1) is 0 Å². The average molecular weight is 241 g/mol. The van der Waals surface area contributed by atoms with Crippen LogP contribution in [0.5, 0.6) is 0 Å². The molecule has 2 heterocycles. The van der Waals surface area contributed by atoms with E-state index in [0.29, 0.717) is 0 Å². The van der Waals surface area contributed by atoms with Crippen LogP contribution in [0.4, 0.5) is 0 Å². The second-order valence-electron chi connectivity index (χ2n) is 3.57. The molecule has 0 saturated carbocycles. The van der Waals surface area contributed by atoms with Gasteiger partial charge in [0.25, 0.3) is 5.56 Å². The molecule has 0 radical (unpaired) electrons. The molecule has 0 bridgehead atoms. The van der Waals surface area contributed by atoms with Crippen LogP contribution in [0.3, 0.4) is 0 Å². The summed E-state index contributed by atoms with van der Waals surface area (Å²) in [4.78, 5) is 24.5. The molecule has 0 spiro atoms. The fourth-order valence-electron chi connectivity index (χ4n) is 1.70. The van der Waals surface area contributed by atoms with Crippen LogP contribution in [0, 0.1) is 0 Å². The zero-order chi connectivity index (χ0) is 12.4. The number of hydrogen-bond donors (Lipinski definition) is 3. The van der Waals surface area contributed by atoms with Gasteiger partial charge in [0, 0.05) is 18.7 Å². The van der Waals surface area contributed by atoms with Gasteiger partial charge in [0.1, 0.15) is 12.3 Å². The molecule has 1 aromatic heterocycles. The standard InChI is InChI=1S/C9H11N3O5/c13-4-6-5(11-16)3-8(17-6)12-2-1-7(14)10-9(12)15/h1-2,6,8,13,16H,3-4H2,(H,10,14,15)/b11-5-. The molecule has 1 aliphatic heterocycles. The number of nitrogens with zero attached hydrogens (tertiary/aromatic N) is 2. The van der Waals surface area contributed by atoms with Gasteiger partial charge in [0.15, 0.2) is 0 Å².